The highest BCUT2D eigenvalue weighted by atomic mass is 19.1. The molecule has 0 saturated heterocycles. The molecule has 0 amide bonds. The van der Waals surface area contributed by atoms with E-state index in [1.165, 1.54) is 6.07 Å². The summed E-state index contributed by atoms with van der Waals surface area (Å²) in [6.45, 7) is 3.83. The maximum Gasteiger partial charge on any atom is 0.123 e. The molecule has 0 aliphatic heterocycles. The van der Waals surface area contributed by atoms with E-state index in [1.54, 1.807) is 19.2 Å². The van der Waals surface area contributed by atoms with Crippen LogP contribution in [0.4, 0.5) is 10.1 Å². The van der Waals surface area contributed by atoms with E-state index >= 15 is 0 Å². The number of methoxy groups -OCH3 is 1. The quantitative estimate of drug-likeness (QED) is 0.794. The molecule has 0 aliphatic carbocycles. The minimum Gasteiger partial charge on any atom is -0.383 e. The van der Waals surface area contributed by atoms with Gasteiger partial charge >= 0.3 is 0 Å². The summed E-state index contributed by atoms with van der Waals surface area (Å²) in [6.07, 6.45) is 0.425. The Labute approximate surface area is 120 Å². The molecule has 4 nitrogen and oxygen atoms in total. The summed E-state index contributed by atoms with van der Waals surface area (Å²) in [5, 5.41) is 11.9. The standard InChI is InChI=1S/C15H22FN3O/c1-12(18-2)14-11-13(16)5-6-15(14)19(8-4-7-17)9-10-20-3/h5-6,11-12,18H,4,8-10H2,1-3H3. The van der Waals surface area contributed by atoms with Crippen LogP contribution in [0, 0.1) is 17.1 Å². The monoisotopic (exact) mass is 279 g/mol. The van der Waals surface area contributed by atoms with Crippen LogP contribution < -0.4 is 10.2 Å². The van der Waals surface area contributed by atoms with Gasteiger partial charge in [0.15, 0.2) is 0 Å². The van der Waals surface area contributed by atoms with Crippen LogP contribution in [0.15, 0.2) is 18.2 Å². The Balaban J connectivity index is 3.07. The number of halogens is 1. The fourth-order valence-corrected chi connectivity index (χ4v) is 2.05. The fourth-order valence-electron chi connectivity index (χ4n) is 2.05. The number of hydrogen-bond donors (Lipinski definition) is 1. The van der Waals surface area contributed by atoms with Crippen molar-refractivity contribution in [3.05, 3.63) is 29.6 Å². The summed E-state index contributed by atoms with van der Waals surface area (Å²) in [5.41, 5.74) is 1.84. The molecule has 1 atom stereocenters. The molecule has 0 saturated carbocycles. The van der Waals surface area contributed by atoms with E-state index in [2.05, 4.69) is 16.3 Å². The molecule has 0 radical (unpaired) electrons. The molecule has 5 heteroatoms. The van der Waals surface area contributed by atoms with Crippen LogP contribution >= 0.6 is 0 Å². The van der Waals surface area contributed by atoms with Crippen molar-refractivity contribution in [1.29, 1.82) is 5.26 Å². The number of hydrogen-bond acceptors (Lipinski definition) is 4. The largest absolute Gasteiger partial charge is 0.383 e. The van der Waals surface area contributed by atoms with Gasteiger partial charge in [0, 0.05) is 31.9 Å². The lowest BCUT2D eigenvalue weighted by atomic mass is 10.0. The average molecular weight is 279 g/mol. The van der Waals surface area contributed by atoms with Crippen molar-refractivity contribution in [1.82, 2.24) is 5.32 Å². The van der Waals surface area contributed by atoms with Gasteiger partial charge in [-0.05, 0) is 37.7 Å². The third-order valence-corrected chi connectivity index (χ3v) is 3.29. The molecule has 0 heterocycles. The van der Waals surface area contributed by atoms with Crippen molar-refractivity contribution in [2.75, 3.05) is 38.8 Å². The third-order valence-electron chi connectivity index (χ3n) is 3.29. The Morgan fingerprint density at radius 3 is 2.80 bits per heavy atom. The first-order chi connectivity index (χ1) is 9.63. The van der Waals surface area contributed by atoms with Gasteiger partial charge in [-0.2, -0.15) is 5.26 Å². The molecule has 0 spiro atoms. The van der Waals surface area contributed by atoms with Gasteiger partial charge < -0.3 is 15.0 Å². The highest BCUT2D eigenvalue weighted by molar-refractivity contribution is 5.55. The van der Waals surface area contributed by atoms with Gasteiger partial charge in [-0.1, -0.05) is 0 Å². The highest BCUT2D eigenvalue weighted by Gasteiger charge is 2.15. The molecular formula is C15H22FN3O. The van der Waals surface area contributed by atoms with E-state index < -0.39 is 0 Å². The maximum absolute atomic E-state index is 13.5. The summed E-state index contributed by atoms with van der Waals surface area (Å²) < 4.78 is 18.6. The lowest BCUT2D eigenvalue weighted by molar-refractivity contribution is 0.205. The molecule has 0 aromatic heterocycles. The number of nitrogens with zero attached hydrogens (tertiary/aromatic N) is 2. The molecule has 110 valence electrons. The molecule has 1 aromatic carbocycles. The first-order valence-corrected chi connectivity index (χ1v) is 6.71. The number of nitriles is 1. The molecule has 20 heavy (non-hydrogen) atoms. The summed E-state index contributed by atoms with van der Waals surface area (Å²) in [5.74, 6) is -0.252. The van der Waals surface area contributed by atoms with E-state index in [9.17, 15) is 4.39 Å². The molecule has 0 fully saturated rings. The van der Waals surface area contributed by atoms with Crippen LogP contribution in [0.1, 0.15) is 24.9 Å². The fraction of sp³-hybridized carbons (Fsp3) is 0.533. The van der Waals surface area contributed by atoms with Crippen LogP contribution in [-0.4, -0.2) is 33.9 Å². The Morgan fingerprint density at radius 2 is 2.20 bits per heavy atom. The van der Waals surface area contributed by atoms with Gasteiger partial charge in [-0.15, -0.1) is 0 Å². The van der Waals surface area contributed by atoms with Crippen LogP contribution in [0.25, 0.3) is 0 Å². The lowest BCUT2D eigenvalue weighted by Crippen LogP contribution is -2.30. The Kier molecular flexibility index (Phi) is 6.99. The molecule has 1 rings (SSSR count). The number of rotatable bonds is 8. The Morgan fingerprint density at radius 1 is 1.45 bits per heavy atom. The minimum atomic E-state index is -0.252. The SMILES string of the molecule is CNC(C)c1cc(F)ccc1N(CCC#N)CCOC. The van der Waals surface area contributed by atoms with Crippen molar-refractivity contribution in [2.45, 2.75) is 19.4 Å². The van der Waals surface area contributed by atoms with Gasteiger partial charge in [0.05, 0.1) is 19.1 Å². The van der Waals surface area contributed by atoms with Crippen molar-refractivity contribution in [2.24, 2.45) is 0 Å². The second-order valence-corrected chi connectivity index (χ2v) is 4.60. The smallest absolute Gasteiger partial charge is 0.123 e. The van der Waals surface area contributed by atoms with Crippen molar-refractivity contribution in [3.63, 3.8) is 0 Å². The van der Waals surface area contributed by atoms with Crippen LogP contribution in [0.5, 0.6) is 0 Å². The maximum atomic E-state index is 13.5. The molecule has 0 bridgehead atoms. The predicted molar refractivity (Wildman–Crippen MR) is 78.2 cm³/mol. The first-order valence-electron chi connectivity index (χ1n) is 6.71. The van der Waals surface area contributed by atoms with E-state index in [0.717, 1.165) is 11.3 Å². The van der Waals surface area contributed by atoms with Crippen molar-refractivity contribution >= 4 is 5.69 Å². The Hall–Kier alpha value is -1.64. The van der Waals surface area contributed by atoms with Crippen LogP contribution in [-0.2, 0) is 4.74 Å². The number of nitrogens with one attached hydrogen (secondary N) is 1. The third kappa shape index (κ3) is 4.48. The second kappa shape index (κ2) is 8.51. The van der Waals surface area contributed by atoms with E-state index in [4.69, 9.17) is 10.00 Å². The molecule has 1 N–H and O–H groups in total. The molecule has 1 unspecified atom stereocenters. The van der Waals surface area contributed by atoms with Gasteiger partial charge in [0.2, 0.25) is 0 Å². The zero-order chi connectivity index (χ0) is 15.0. The van der Waals surface area contributed by atoms with Crippen molar-refractivity contribution < 1.29 is 9.13 Å². The van der Waals surface area contributed by atoms with Gasteiger partial charge in [-0.25, -0.2) is 4.39 Å². The highest BCUT2D eigenvalue weighted by Crippen LogP contribution is 2.27. The summed E-state index contributed by atoms with van der Waals surface area (Å²) in [6, 6.07) is 6.95. The molecule has 1 aromatic rings. The number of anilines is 1. The van der Waals surface area contributed by atoms with Crippen LogP contribution in [0.2, 0.25) is 0 Å². The topological polar surface area (TPSA) is 48.3 Å². The average Bonchev–Trinajstić information content (AvgIpc) is 2.47. The van der Waals surface area contributed by atoms with Gasteiger partial charge in [0.25, 0.3) is 0 Å². The summed E-state index contributed by atoms with van der Waals surface area (Å²) in [7, 11) is 3.48. The zero-order valence-electron chi connectivity index (χ0n) is 12.3. The van der Waals surface area contributed by atoms with E-state index in [-0.39, 0.29) is 11.9 Å². The van der Waals surface area contributed by atoms with E-state index in [0.29, 0.717) is 26.1 Å². The summed E-state index contributed by atoms with van der Waals surface area (Å²) in [4.78, 5) is 2.06. The van der Waals surface area contributed by atoms with Crippen LogP contribution in [0.3, 0.4) is 0 Å². The van der Waals surface area contributed by atoms with E-state index in [1.807, 2.05) is 14.0 Å². The van der Waals surface area contributed by atoms with Crippen molar-refractivity contribution in [3.8, 4) is 6.07 Å². The first kappa shape index (κ1) is 16.4. The normalized spacial score (nSPS) is 11.9. The number of benzene rings is 1. The molecule has 0 aliphatic rings. The minimum absolute atomic E-state index is 0.0350. The Bertz CT molecular complexity index is 459. The molecular weight excluding hydrogens is 257 g/mol. The van der Waals surface area contributed by atoms with Gasteiger partial charge in [0.1, 0.15) is 5.82 Å². The zero-order valence-corrected chi connectivity index (χ0v) is 12.3. The second-order valence-electron chi connectivity index (χ2n) is 4.60. The summed E-state index contributed by atoms with van der Waals surface area (Å²) >= 11 is 0. The lowest BCUT2D eigenvalue weighted by Gasteiger charge is -2.28. The van der Waals surface area contributed by atoms with Gasteiger partial charge in [-0.3, -0.25) is 0 Å². The predicted octanol–water partition coefficient (Wildman–Crippen LogP) is 2.47. The number of ether oxygens (including phenoxy) is 1.